The van der Waals surface area contributed by atoms with Crippen molar-refractivity contribution in [3.8, 4) is 0 Å². The molecule has 0 radical (unpaired) electrons. The van der Waals surface area contributed by atoms with Gasteiger partial charge in [0.15, 0.2) is 0 Å². The Labute approximate surface area is 141 Å². The standard InChI is InChI=1S/C10H18ClN3O3.C2HF3O2/c1-7(15)14-8(10(16)17-2)4-3-5-13-9(12)6-11;3-2(4,5)1(6)7/h8H,3-6H2,1-2H3,(H2,12,13)(H,14,15);(H,6,7)/t8-;/m0./s1. The highest BCUT2D eigenvalue weighted by Crippen LogP contribution is 2.11. The molecular formula is C12H19ClF3N3O5. The van der Waals surface area contributed by atoms with Crippen LogP contribution in [0.3, 0.4) is 0 Å². The minimum absolute atomic E-state index is 0.242. The van der Waals surface area contributed by atoms with Gasteiger partial charge in [-0.25, -0.2) is 4.79 Å². The molecule has 0 aromatic heterocycles. The maximum absolute atomic E-state index is 11.3. The molecule has 24 heavy (non-hydrogen) atoms. The van der Waals surface area contributed by atoms with Crippen molar-refractivity contribution < 1.29 is 42.4 Å². The number of ether oxygens (including phenoxy) is 1. The average Bonchev–Trinajstić information content (AvgIpc) is 2.48. The van der Waals surface area contributed by atoms with E-state index in [9.17, 15) is 22.8 Å². The van der Waals surface area contributed by atoms with Crippen LogP contribution in [0.4, 0.5) is 13.2 Å². The van der Waals surface area contributed by atoms with E-state index in [1.807, 2.05) is 0 Å². The maximum Gasteiger partial charge on any atom is 0.430 e. The molecule has 0 aliphatic rings. The zero-order valence-corrected chi connectivity index (χ0v) is 13.8. The van der Waals surface area contributed by atoms with Gasteiger partial charge in [0.1, 0.15) is 17.9 Å². The second kappa shape index (κ2) is 12.4. The van der Waals surface area contributed by atoms with Crippen molar-refractivity contribution in [3.63, 3.8) is 0 Å². The fraction of sp³-hybridized carbons (Fsp3) is 0.667. The molecule has 4 N–H and O–H groups in total. The third-order valence-electron chi connectivity index (χ3n) is 2.26. The van der Waals surface area contributed by atoms with Crippen LogP contribution in [0.25, 0.3) is 0 Å². The summed E-state index contributed by atoms with van der Waals surface area (Å²) in [5.41, 5.74) is 5.47. The number of aliphatic carboxylic acids is 1. The number of hydrogen-bond acceptors (Lipinski definition) is 5. The lowest BCUT2D eigenvalue weighted by Crippen LogP contribution is -2.76. The Morgan fingerprint density at radius 1 is 1.38 bits per heavy atom. The normalized spacial score (nSPS) is 12.5. The molecular weight excluding hydrogens is 359 g/mol. The Morgan fingerprint density at radius 2 is 1.88 bits per heavy atom. The van der Waals surface area contributed by atoms with Crippen LogP contribution in [0, 0.1) is 0 Å². The molecule has 140 valence electrons. The number of carboxylic acid groups (broad SMARTS) is 1. The van der Waals surface area contributed by atoms with Gasteiger partial charge in [-0.15, -0.1) is 11.6 Å². The zero-order valence-electron chi connectivity index (χ0n) is 13.0. The number of halogens is 4. The Morgan fingerprint density at radius 3 is 2.21 bits per heavy atom. The van der Waals surface area contributed by atoms with Crippen LogP contribution >= 0.6 is 11.6 Å². The summed E-state index contributed by atoms with van der Waals surface area (Å²) in [6.07, 6.45) is -4.05. The molecule has 12 heteroatoms. The Bertz CT molecular complexity index is 458. The number of esters is 1. The second-order valence-electron chi connectivity index (χ2n) is 4.29. The summed E-state index contributed by atoms with van der Waals surface area (Å²) in [5.74, 6) is -2.99. The number of nitrogens with one attached hydrogen (secondary N) is 2. The molecule has 0 unspecified atom stereocenters. The number of hydrogen-bond donors (Lipinski definition) is 3. The maximum atomic E-state index is 11.3. The first-order valence-electron chi connectivity index (χ1n) is 6.49. The summed E-state index contributed by atoms with van der Waals surface area (Å²) in [6.45, 7) is 1.94. The molecule has 0 saturated carbocycles. The topological polar surface area (TPSA) is 136 Å². The minimum atomic E-state index is -5.19. The number of carbonyl (C=O) groups excluding carboxylic acids is 3. The molecule has 0 rings (SSSR count). The molecule has 0 aromatic carbocycles. The van der Waals surface area contributed by atoms with Gasteiger partial charge < -0.3 is 20.0 Å². The molecule has 0 heterocycles. The predicted molar refractivity (Wildman–Crippen MR) is 75.7 cm³/mol. The van der Waals surface area contributed by atoms with Gasteiger partial charge in [-0.2, -0.15) is 13.2 Å². The SMILES string of the molecule is COC(=O)[C@H](CCC[NH+]=C(N)CCl)NC(C)=O.O=C([O-])C(F)(F)F. The van der Waals surface area contributed by atoms with Crippen molar-refractivity contribution in [1.29, 1.82) is 0 Å². The van der Waals surface area contributed by atoms with Crippen LogP contribution in [-0.4, -0.2) is 55.4 Å². The van der Waals surface area contributed by atoms with Crippen LogP contribution < -0.4 is 21.1 Å². The smallest absolute Gasteiger partial charge is 0.430 e. The Balaban J connectivity index is 0. The Kier molecular flexibility index (Phi) is 12.5. The summed E-state index contributed by atoms with van der Waals surface area (Å²) in [7, 11) is 1.29. The second-order valence-corrected chi connectivity index (χ2v) is 4.56. The number of alkyl halides is 4. The summed E-state index contributed by atoms with van der Waals surface area (Å²) in [5, 5.41) is 11.3. The average molecular weight is 378 g/mol. The van der Waals surface area contributed by atoms with Gasteiger partial charge in [0.25, 0.3) is 5.84 Å². The first-order valence-corrected chi connectivity index (χ1v) is 7.03. The van der Waals surface area contributed by atoms with Crippen molar-refractivity contribution in [1.82, 2.24) is 5.32 Å². The van der Waals surface area contributed by atoms with E-state index in [2.05, 4.69) is 15.0 Å². The van der Waals surface area contributed by atoms with Crippen molar-refractivity contribution >= 4 is 35.3 Å². The largest absolute Gasteiger partial charge is 0.542 e. The van der Waals surface area contributed by atoms with E-state index in [0.717, 1.165) is 0 Å². The number of rotatable bonds is 7. The van der Waals surface area contributed by atoms with Gasteiger partial charge >= 0.3 is 12.1 Å². The van der Waals surface area contributed by atoms with Gasteiger partial charge in [-0.1, -0.05) is 0 Å². The minimum Gasteiger partial charge on any atom is -0.542 e. The number of nitrogens with two attached hydrogens (primary N) is 1. The number of carbonyl (C=O) groups is 3. The van der Waals surface area contributed by atoms with Crippen LogP contribution in [0.1, 0.15) is 19.8 Å². The molecule has 0 aliphatic carbocycles. The zero-order chi connectivity index (χ0) is 19.3. The van der Waals surface area contributed by atoms with Gasteiger partial charge in [0, 0.05) is 6.92 Å². The molecule has 8 nitrogen and oxygen atoms in total. The first kappa shape index (κ1) is 24.2. The van der Waals surface area contributed by atoms with E-state index < -0.39 is 24.2 Å². The molecule has 0 bridgehead atoms. The fourth-order valence-corrected chi connectivity index (χ4v) is 1.33. The third kappa shape index (κ3) is 13.6. The van der Waals surface area contributed by atoms with E-state index in [0.29, 0.717) is 25.2 Å². The number of methoxy groups -OCH3 is 1. The summed E-state index contributed by atoms with van der Waals surface area (Å²) >= 11 is 5.48. The van der Waals surface area contributed by atoms with Gasteiger partial charge in [-0.3, -0.25) is 15.5 Å². The van der Waals surface area contributed by atoms with Crippen LogP contribution in [0.5, 0.6) is 0 Å². The molecule has 0 aliphatic heterocycles. The molecule has 1 atom stereocenters. The fourth-order valence-electron chi connectivity index (χ4n) is 1.24. The van der Waals surface area contributed by atoms with Crippen molar-refractivity contribution in [2.45, 2.75) is 32.0 Å². The number of carboxylic acids is 1. The van der Waals surface area contributed by atoms with Crippen LogP contribution in [-0.2, 0) is 19.1 Å². The van der Waals surface area contributed by atoms with Gasteiger partial charge in [0.05, 0.1) is 13.7 Å². The van der Waals surface area contributed by atoms with Crippen molar-refractivity contribution in [2.24, 2.45) is 5.73 Å². The van der Waals surface area contributed by atoms with Crippen molar-refractivity contribution in [3.05, 3.63) is 0 Å². The monoisotopic (exact) mass is 377 g/mol. The van der Waals surface area contributed by atoms with Gasteiger partial charge in [0.2, 0.25) is 5.91 Å². The number of amides is 1. The van der Waals surface area contributed by atoms with Crippen LogP contribution in [0.15, 0.2) is 0 Å². The van der Waals surface area contributed by atoms with E-state index in [1.165, 1.54) is 14.0 Å². The van der Waals surface area contributed by atoms with E-state index in [-0.39, 0.29) is 11.8 Å². The summed E-state index contributed by atoms with van der Waals surface area (Å²) in [4.78, 5) is 33.9. The molecule has 0 saturated heterocycles. The first-order chi connectivity index (χ1) is 10.9. The summed E-state index contributed by atoms with van der Waals surface area (Å²) < 4.78 is 36.1. The third-order valence-corrected chi connectivity index (χ3v) is 2.55. The highest BCUT2D eigenvalue weighted by molar-refractivity contribution is 6.27. The van der Waals surface area contributed by atoms with Crippen LogP contribution in [0.2, 0.25) is 0 Å². The Hall–Kier alpha value is -2.04. The van der Waals surface area contributed by atoms with Crippen molar-refractivity contribution in [2.75, 3.05) is 19.5 Å². The lowest BCUT2D eigenvalue weighted by molar-refractivity contribution is -0.459. The lowest BCUT2D eigenvalue weighted by atomic mass is 10.1. The summed E-state index contributed by atoms with van der Waals surface area (Å²) in [6, 6.07) is -0.614. The van der Waals surface area contributed by atoms with E-state index in [4.69, 9.17) is 27.2 Å². The molecule has 0 fully saturated rings. The lowest BCUT2D eigenvalue weighted by Gasteiger charge is -2.14. The molecule has 1 amide bonds. The van der Waals surface area contributed by atoms with E-state index in [1.54, 1.807) is 0 Å². The highest BCUT2D eigenvalue weighted by Gasteiger charge is 2.28. The van der Waals surface area contributed by atoms with Gasteiger partial charge in [-0.05, 0) is 12.8 Å². The molecule has 0 aromatic rings. The quantitative estimate of drug-likeness (QED) is 0.147. The number of amidine groups is 1. The van der Waals surface area contributed by atoms with E-state index >= 15 is 0 Å². The highest BCUT2D eigenvalue weighted by atomic mass is 35.5. The molecule has 0 spiro atoms. The predicted octanol–water partition coefficient (Wildman–Crippen LogP) is -2.58.